The lowest BCUT2D eigenvalue weighted by atomic mass is 9.86. The van der Waals surface area contributed by atoms with Crippen molar-refractivity contribution < 1.29 is 10.2 Å². The summed E-state index contributed by atoms with van der Waals surface area (Å²) in [6, 6.07) is 8.21. The summed E-state index contributed by atoms with van der Waals surface area (Å²) < 4.78 is 0. The van der Waals surface area contributed by atoms with E-state index < -0.39 is 0 Å². The molecule has 94 valence electrons. The maximum absolute atomic E-state index is 10.5. The zero-order valence-corrected chi connectivity index (χ0v) is 10.5. The molecule has 0 saturated heterocycles. The Morgan fingerprint density at radius 1 is 1.35 bits per heavy atom. The summed E-state index contributed by atoms with van der Waals surface area (Å²) in [5.74, 6) is 0.570. The smallest absolute Gasteiger partial charge is 0.0820 e. The van der Waals surface area contributed by atoms with Crippen molar-refractivity contribution in [3.8, 4) is 0 Å². The fraction of sp³-hybridized carbons (Fsp3) is 0.600. The zero-order valence-electron chi connectivity index (χ0n) is 10.5. The first kappa shape index (κ1) is 12.6. The molecule has 2 N–H and O–H groups in total. The first-order chi connectivity index (χ1) is 8.22. The Bertz CT molecular complexity index is 362. The minimum absolute atomic E-state index is 0.213. The van der Waals surface area contributed by atoms with Gasteiger partial charge >= 0.3 is 0 Å². The van der Waals surface area contributed by atoms with Crippen LogP contribution < -0.4 is 0 Å². The zero-order chi connectivity index (χ0) is 12.3. The second-order valence-electron chi connectivity index (χ2n) is 5.32. The predicted octanol–water partition coefficient (Wildman–Crippen LogP) is 2.69. The second-order valence-corrected chi connectivity index (χ2v) is 5.32. The van der Waals surface area contributed by atoms with E-state index in [1.807, 2.05) is 25.1 Å². The fourth-order valence-corrected chi connectivity index (χ4v) is 2.86. The first-order valence-corrected chi connectivity index (χ1v) is 6.59. The molecule has 0 saturated carbocycles. The van der Waals surface area contributed by atoms with E-state index in [9.17, 15) is 5.11 Å². The van der Waals surface area contributed by atoms with Crippen molar-refractivity contribution in [2.75, 3.05) is 6.61 Å². The van der Waals surface area contributed by atoms with Crippen LogP contribution in [0.25, 0.3) is 0 Å². The highest BCUT2D eigenvalue weighted by atomic mass is 16.3. The summed E-state index contributed by atoms with van der Waals surface area (Å²) >= 11 is 0. The third-order valence-electron chi connectivity index (χ3n) is 3.86. The highest BCUT2D eigenvalue weighted by Gasteiger charge is 2.26. The fourth-order valence-electron chi connectivity index (χ4n) is 2.86. The van der Waals surface area contributed by atoms with E-state index in [1.54, 1.807) is 0 Å². The molecule has 2 rings (SSSR count). The summed E-state index contributed by atoms with van der Waals surface area (Å²) in [6.07, 6.45) is 3.81. The molecular formula is C15H22O2. The van der Waals surface area contributed by atoms with Crippen molar-refractivity contribution in [2.24, 2.45) is 11.8 Å². The van der Waals surface area contributed by atoms with Crippen molar-refractivity contribution in [2.45, 2.75) is 38.7 Å². The molecule has 1 aromatic rings. The Kier molecular flexibility index (Phi) is 4.19. The van der Waals surface area contributed by atoms with E-state index in [0.29, 0.717) is 5.92 Å². The van der Waals surface area contributed by atoms with E-state index in [1.165, 1.54) is 5.56 Å². The van der Waals surface area contributed by atoms with E-state index in [4.69, 9.17) is 5.11 Å². The first-order valence-electron chi connectivity index (χ1n) is 6.59. The Morgan fingerprint density at radius 3 is 2.88 bits per heavy atom. The topological polar surface area (TPSA) is 40.5 Å². The van der Waals surface area contributed by atoms with Gasteiger partial charge in [-0.25, -0.2) is 0 Å². The van der Waals surface area contributed by atoms with Gasteiger partial charge in [-0.1, -0.05) is 31.2 Å². The van der Waals surface area contributed by atoms with Crippen LogP contribution in [0.3, 0.4) is 0 Å². The van der Waals surface area contributed by atoms with Gasteiger partial charge in [0.2, 0.25) is 0 Å². The average molecular weight is 234 g/mol. The molecule has 3 unspecified atom stereocenters. The third kappa shape index (κ3) is 2.88. The molecule has 0 spiro atoms. The highest BCUT2D eigenvalue weighted by molar-refractivity contribution is 5.30. The van der Waals surface area contributed by atoms with Crippen LogP contribution in [0.15, 0.2) is 24.3 Å². The van der Waals surface area contributed by atoms with Gasteiger partial charge < -0.3 is 10.2 Å². The van der Waals surface area contributed by atoms with Crippen LogP contribution in [0.4, 0.5) is 0 Å². The van der Waals surface area contributed by atoms with Crippen LogP contribution in [0.5, 0.6) is 0 Å². The van der Waals surface area contributed by atoms with Crippen molar-refractivity contribution in [3.05, 3.63) is 35.4 Å². The van der Waals surface area contributed by atoms with Crippen LogP contribution in [-0.4, -0.2) is 16.8 Å². The summed E-state index contributed by atoms with van der Waals surface area (Å²) in [6.45, 7) is 2.26. The number of rotatable bonds is 3. The number of aliphatic hydroxyl groups is 2. The minimum Gasteiger partial charge on any atom is -0.396 e. The molecule has 1 aliphatic rings. The van der Waals surface area contributed by atoms with Gasteiger partial charge in [0, 0.05) is 6.61 Å². The number of hydrogen-bond acceptors (Lipinski definition) is 2. The molecule has 2 nitrogen and oxygen atoms in total. The summed E-state index contributed by atoms with van der Waals surface area (Å²) in [4.78, 5) is 0. The maximum atomic E-state index is 10.5. The number of fused-ring (bicyclic) bond motifs is 1. The van der Waals surface area contributed by atoms with Gasteiger partial charge in [0.25, 0.3) is 0 Å². The van der Waals surface area contributed by atoms with Crippen molar-refractivity contribution >= 4 is 0 Å². The number of aliphatic hydroxyl groups excluding tert-OH is 2. The Hall–Kier alpha value is -0.860. The lowest BCUT2D eigenvalue weighted by molar-refractivity contribution is 0.0814. The Labute approximate surface area is 103 Å². The molecule has 3 atom stereocenters. The van der Waals surface area contributed by atoms with E-state index >= 15 is 0 Å². The van der Waals surface area contributed by atoms with Gasteiger partial charge in [-0.15, -0.1) is 0 Å². The lowest BCUT2D eigenvalue weighted by Gasteiger charge is -2.24. The van der Waals surface area contributed by atoms with Crippen molar-refractivity contribution in [3.63, 3.8) is 0 Å². The van der Waals surface area contributed by atoms with Crippen molar-refractivity contribution in [1.82, 2.24) is 0 Å². The molecule has 0 heterocycles. The molecule has 0 aromatic heterocycles. The minimum atomic E-state index is -0.359. The van der Waals surface area contributed by atoms with Crippen LogP contribution in [0, 0.1) is 11.8 Å². The monoisotopic (exact) mass is 234 g/mol. The molecule has 1 aromatic carbocycles. The van der Waals surface area contributed by atoms with Gasteiger partial charge in [0.15, 0.2) is 0 Å². The van der Waals surface area contributed by atoms with E-state index in [-0.39, 0.29) is 18.6 Å². The molecule has 0 fully saturated rings. The molecule has 17 heavy (non-hydrogen) atoms. The summed E-state index contributed by atoms with van der Waals surface area (Å²) in [5.41, 5.74) is 2.39. The number of benzene rings is 1. The molecular weight excluding hydrogens is 212 g/mol. The third-order valence-corrected chi connectivity index (χ3v) is 3.86. The van der Waals surface area contributed by atoms with Gasteiger partial charge in [-0.2, -0.15) is 0 Å². The maximum Gasteiger partial charge on any atom is 0.0820 e. The molecule has 1 aliphatic carbocycles. The van der Waals surface area contributed by atoms with Gasteiger partial charge in [-0.3, -0.25) is 0 Å². The Morgan fingerprint density at radius 2 is 2.12 bits per heavy atom. The van der Waals surface area contributed by atoms with Gasteiger partial charge in [0.05, 0.1) is 6.10 Å². The molecule has 0 radical (unpaired) electrons. The van der Waals surface area contributed by atoms with Crippen LogP contribution in [0.2, 0.25) is 0 Å². The summed E-state index contributed by atoms with van der Waals surface area (Å²) in [5, 5.41) is 19.6. The predicted molar refractivity (Wildman–Crippen MR) is 68.7 cm³/mol. The molecule has 0 aliphatic heterocycles. The second kappa shape index (κ2) is 5.65. The molecule has 0 bridgehead atoms. The molecule has 2 heteroatoms. The number of hydrogen-bond donors (Lipinski definition) is 2. The largest absolute Gasteiger partial charge is 0.396 e. The number of aryl methyl sites for hydroxylation is 1. The van der Waals surface area contributed by atoms with Gasteiger partial charge in [-0.05, 0) is 48.6 Å². The van der Waals surface area contributed by atoms with E-state index in [2.05, 4.69) is 6.07 Å². The van der Waals surface area contributed by atoms with Crippen LogP contribution >= 0.6 is 0 Å². The normalized spacial score (nSPS) is 26.1. The molecule has 0 amide bonds. The Balaban J connectivity index is 2.17. The summed E-state index contributed by atoms with van der Waals surface area (Å²) in [7, 11) is 0. The standard InChI is InChI=1S/C15H22O2/c1-11(10-16)9-13-7-4-6-12-5-2-3-8-14(12)15(13)17/h2-3,5,8,11,13,15-17H,4,6-7,9-10H2,1H3. The van der Waals surface area contributed by atoms with Gasteiger partial charge in [0.1, 0.15) is 0 Å². The van der Waals surface area contributed by atoms with Crippen molar-refractivity contribution in [1.29, 1.82) is 0 Å². The van der Waals surface area contributed by atoms with Crippen LogP contribution in [0.1, 0.15) is 43.4 Å². The SMILES string of the molecule is CC(CO)CC1CCCc2ccccc2C1O. The lowest BCUT2D eigenvalue weighted by Crippen LogP contribution is -2.16. The van der Waals surface area contributed by atoms with Crippen LogP contribution in [-0.2, 0) is 6.42 Å². The quantitative estimate of drug-likeness (QED) is 0.789. The average Bonchev–Trinajstić information content (AvgIpc) is 2.51. The highest BCUT2D eigenvalue weighted by Crippen LogP contribution is 2.36. The van der Waals surface area contributed by atoms with E-state index in [0.717, 1.165) is 31.2 Å².